The number of ether oxygens (including phenoxy) is 1. The van der Waals surface area contributed by atoms with Crippen LogP contribution in [-0.2, 0) is 15.1 Å². The molecule has 0 spiro atoms. The first-order valence-electron chi connectivity index (χ1n) is 9.55. The maximum Gasteiger partial charge on any atom is 0.340 e. The lowest BCUT2D eigenvalue weighted by Crippen LogP contribution is -2.46. The number of hydrogen-bond acceptors (Lipinski definition) is 3. The van der Waals surface area contributed by atoms with Gasteiger partial charge in [-0.1, -0.05) is 28.1 Å². The van der Waals surface area contributed by atoms with Crippen LogP contribution in [-0.4, -0.2) is 36.7 Å². The van der Waals surface area contributed by atoms with Crippen LogP contribution in [0.1, 0.15) is 44.1 Å². The quantitative estimate of drug-likeness (QED) is 0.645. The standard InChI is InChI=1S/C20H26BrF2NO3/c21-17-3-1-15(2-4-17)20(18(25)26,16-5-9-19(22,23)13-16)27-12-8-14-6-10-24-11-7-14/h1-4,14,16,24H,5-13H2,(H,25,26)/t16-,20+/m1/s1. The molecule has 0 amide bonds. The van der Waals surface area contributed by atoms with E-state index >= 15 is 0 Å². The van der Waals surface area contributed by atoms with Gasteiger partial charge in [-0.25, -0.2) is 13.6 Å². The summed E-state index contributed by atoms with van der Waals surface area (Å²) in [6.07, 6.45) is 2.20. The number of carbonyl (C=O) groups is 1. The Balaban J connectivity index is 1.84. The molecule has 1 aliphatic carbocycles. The van der Waals surface area contributed by atoms with Crippen molar-refractivity contribution in [2.75, 3.05) is 19.7 Å². The lowest BCUT2D eigenvalue weighted by molar-refractivity contribution is -0.179. The summed E-state index contributed by atoms with van der Waals surface area (Å²) in [5.74, 6) is -4.29. The zero-order chi connectivity index (χ0) is 19.5. The number of rotatable bonds is 7. The molecule has 0 aromatic heterocycles. The first-order valence-corrected chi connectivity index (χ1v) is 10.3. The van der Waals surface area contributed by atoms with Crippen molar-refractivity contribution >= 4 is 21.9 Å². The van der Waals surface area contributed by atoms with Crippen LogP contribution >= 0.6 is 15.9 Å². The maximum atomic E-state index is 13.9. The summed E-state index contributed by atoms with van der Waals surface area (Å²) in [6.45, 7) is 2.17. The Morgan fingerprint density at radius 1 is 1.26 bits per heavy atom. The van der Waals surface area contributed by atoms with Gasteiger partial charge in [0.25, 0.3) is 0 Å². The van der Waals surface area contributed by atoms with Gasteiger partial charge in [-0.2, -0.15) is 0 Å². The molecule has 3 rings (SSSR count). The normalized spacial score (nSPS) is 25.2. The van der Waals surface area contributed by atoms with Crippen LogP contribution < -0.4 is 5.32 Å². The van der Waals surface area contributed by atoms with Gasteiger partial charge in [0.2, 0.25) is 5.92 Å². The second-order valence-corrected chi connectivity index (χ2v) is 8.59. The molecule has 1 heterocycles. The Morgan fingerprint density at radius 3 is 2.48 bits per heavy atom. The molecule has 1 saturated heterocycles. The monoisotopic (exact) mass is 445 g/mol. The van der Waals surface area contributed by atoms with E-state index < -0.39 is 29.8 Å². The van der Waals surface area contributed by atoms with Gasteiger partial charge in [0.1, 0.15) is 0 Å². The topological polar surface area (TPSA) is 58.6 Å². The second kappa shape index (κ2) is 8.53. The van der Waals surface area contributed by atoms with E-state index in [1.807, 2.05) is 0 Å². The smallest absolute Gasteiger partial charge is 0.340 e. The Labute approximate surface area is 166 Å². The fraction of sp³-hybridized carbons (Fsp3) is 0.650. The highest BCUT2D eigenvalue weighted by atomic mass is 79.9. The van der Waals surface area contributed by atoms with Crippen molar-refractivity contribution in [3.63, 3.8) is 0 Å². The fourth-order valence-corrected chi connectivity index (χ4v) is 4.61. The minimum absolute atomic E-state index is 0.142. The number of alkyl halides is 2. The zero-order valence-corrected chi connectivity index (χ0v) is 16.8. The first-order chi connectivity index (χ1) is 12.8. The minimum Gasteiger partial charge on any atom is -0.479 e. The summed E-state index contributed by atoms with van der Waals surface area (Å²) in [7, 11) is 0. The van der Waals surface area contributed by atoms with Crippen LogP contribution in [0.15, 0.2) is 28.7 Å². The van der Waals surface area contributed by atoms with E-state index in [0.29, 0.717) is 11.5 Å². The Kier molecular flexibility index (Phi) is 6.54. The Bertz CT molecular complexity index is 649. The van der Waals surface area contributed by atoms with Gasteiger partial charge in [-0.3, -0.25) is 0 Å². The van der Waals surface area contributed by atoms with E-state index in [9.17, 15) is 18.7 Å². The number of carboxylic acid groups (broad SMARTS) is 1. The molecule has 2 aliphatic rings. The van der Waals surface area contributed by atoms with Crippen LogP contribution in [0.2, 0.25) is 0 Å². The molecule has 2 N–H and O–H groups in total. The van der Waals surface area contributed by atoms with Gasteiger partial charge in [-0.05, 0) is 62.4 Å². The number of nitrogens with one attached hydrogen (secondary N) is 1. The van der Waals surface area contributed by atoms with Crippen LogP contribution in [0.3, 0.4) is 0 Å². The van der Waals surface area contributed by atoms with Gasteiger partial charge in [-0.15, -0.1) is 0 Å². The summed E-state index contributed by atoms with van der Waals surface area (Å²) in [4.78, 5) is 12.4. The molecule has 1 aromatic rings. The van der Waals surface area contributed by atoms with E-state index in [2.05, 4.69) is 21.2 Å². The third-order valence-electron chi connectivity index (χ3n) is 5.88. The van der Waals surface area contributed by atoms with E-state index in [1.54, 1.807) is 24.3 Å². The molecule has 1 aliphatic heterocycles. The van der Waals surface area contributed by atoms with Gasteiger partial charge < -0.3 is 15.2 Å². The first kappa shape index (κ1) is 20.7. The zero-order valence-electron chi connectivity index (χ0n) is 15.2. The SMILES string of the molecule is O=C(O)[C@](OCCC1CCNCC1)(c1ccc(Br)cc1)[C@@H]1CCC(F)(F)C1. The highest BCUT2D eigenvalue weighted by Crippen LogP contribution is 2.49. The molecule has 27 heavy (non-hydrogen) atoms. The number of carboxylic acids is 1. The van der Waals surface area contributed by atoms with Crippen LogP contribution in [0.25, 0.3) is 0 Å². The Hall–Kier alpha value is -1.05. The van der Waals surface area contributed by atoms with Gasteiger partial charge in [0.15, 0.2) is 5.60 Å². The Morgan fingerprint density at radius 2 is 1.93 bits per heavy atom. The van der Waals surface area contributed by atoms with Crippen molar-refractivity contribution in [1.82, 2.24) is 5.32 Å². The van der Waals surface area contributed by atoms with E-state index in [-0.39, 0.29) is 19.4 Å². The van der Waals surface area contributed by atoms with Crippen molar-refractivity contribution in [1.29, 1.82) is 0 Å². The molecular formula is C20H26BrF2NO3. The van der Waals surface area contributed by atoms with E-state index in [4.69, 9.17) is 4.74 Å². The number of hydrogen-bond donors (Lipinski definition) is 2. The second-order valence-electron chi connectivity index (χ2n) is 7.67. The molecule has 2 atom stereocenters. The fourth-order valence-electron chi connectivity index (χ4n) is 4.35. The van der Waals surface area contributed by atoms with Crippen molar-refractivity contribution in [3.8, 4) is 0 Å². The molecule has 1 aromatic carbocycles. The maximum absolute atomic E-state index is 13.9. The van der Waals surface area contributed by atoms with E-state index in [0.717, 1.165) is 36.8 Å². The highest BCUT2D eigenvalue weighted by Gasteiger charge is 2.55. The summed E-state index contributed by atoms with van der Waals surface area (Å²) in [5, 5.41) is 13.4. The average molecular weight is 446 g/mol. The lowest BCUT2D eigenvalue weighted by Gasteiger charge is -2.36. The molecular weight excluding hydrogens is 420 g/mol. The summed E-state index contributed by atoms with van der Waals surface area (Å²) in [6, 6.07) is 6.80. The number of halogens is 3. The van der Waals surface area contributed by atoms with Crippen molar-refractivity contribution in [3.05, 3.63) is 34.3 Å². The molecule has 2 fully saturated rings. The number of benzene rings is 1. The minimum atomic E-state index is -2.83. The summed E-state index contributed by atoms with van der Waals surface area (Å²) < 4.78 is 34.7. The predicted octanol–water partition coefficient (Wildman–Crippen LogP) is 4.57. The molecule has 1 saturated carbocycles. The van der Waals surface area contributed by atoms with Gasteiger partial charge in [0.05, 0.1) is 0 Å². The molecule has 0 unspecified atom stereocenters. The summed E-state index contributed by atoms with van der Waals surface area (Å²) in [5.41, 5.74) is -1.29. The molecule has 0 radical (unpaired) electrons. The number of aliphatic carboxylic acids is 1. The largest absolute Gasteiger partial charge is 0.479 e. The van der Waals surface area contributed by atoms with Crippen molar-refractivity contribution in [2.45, 2.75) is 50.0 Å². The third-order valence-corrected chi connectivity index (χ3v) is 6.41. The van der Waals surface area contributed by atoms with E-state index in [1.165, 1.54) is 0 Å². The number of piperidine rings is 1. The van der Waals surface area contributed by atoms with Crippen LogP contribution in [0.5, 0.6) is 0 Å². The molecule has 7 heteroatoms. The predicted molar refractivity (Wildman–Crippen MR) is 102 cm³/mol. The third kappa shape index (κ3) is 4.69. The van der Waals surface area contributed by atoms with Gasteiger partial charge in [0, 0.05) is 29.8 Å². The molecule has 150 valence electrons. The molecule has 0 bridgehead atoms. The van der Waals surface area contributed by atoms with Crippen LogP contribution in [0.4, 0.5) is 8.78 Å². The summed E-state index contributed by atoms with van der Waals surface area (Å²) >= 11 is 3.34. The van der Waals surface area contributed by atoms with Crippen molar-refractivity contribution < 1.29 is 23.4 Å². The van der Waals surface area contributed by atoms with Crippen molar-refractivity contribution in [2.24, 2.45) is 11.8 Å². The average Bonchev–Trinajstić information content (AvgIpc) is 3.00. The van der Waals surface area contributed by atoms with Gasteiger partial charge >= 0.3 is 5.97 Å². The highest BCUT2D eigenvalue weighted by molar-refractivity contribution is 9.10. The molecule has 4 nitrogen and oxygen atoms in total. The van der Waals surface area contributed by atoms with Crippen LogP contribution in [0, 0.1) is 11.8 Å². The lowest BCUT2D eigenvalue weighted by atomic mass is 9.79.